The molecule has 0 aromatic carbocycles. The van der Waals surface area contributed by atoms with Crippen molar-refractivity contribution in [2.45, 2.75) is 18.1 Å². The van der Waals surface area contributed by atoms with E-state index in [1.165, 1.54) is 12.1 Å². The zero-order chi connectivity index (χ0) is 13.7. The van der Waals surface area contributed by atoms with Crippen LogP contribution in [-0.2, 0) is 23.1 Å². The van der Waals surface area contributed by atoms with Gasteiger partial charge in [-0.3, -0.25) is 4.98 Å². The third-order valence-electron chi connectivity index (χ3n) is 2.49. The molecular weight excluding hydrogens is 268 g/mol. The predicted molar refractivity (Wildman–Crippen MR) is 67.8 cm³/mol. The Kier molecular flexibility index (Phi) is 4.31. The molecule has 0 saturated heterocycles. The third-order valence-corrected chi connectivity index (χ3v) is 3.82. The van der Waals surface area contributed by atoms with Gasteiger partial charge in [0.2, 0.25) is 5.09 Å². The maximum atomic E-state index is 11.8. The van der Waals surface area contributed by atoms with Gasteiger partial charge < -0.3 is 9.52 Å². The van der Waals surface area contributed by atoms with E-state index in [0.29, 0.717) is 6.42 Å². The smallest absolute Gasteiger partial charge is 0.273 e. The lowest BCUT2D eigenvalue weighted by Crippen LogP contribution is -2.25. The molecule has 0 aliphatic rings. The van der Waals surface area contributed by atoms with E-state index in [1.807, 2.05) is 6.07 Å². The summed E-state index contributed by atoms with van der Waals surface area (Å²) in [5.41, 5.74) is 0.945. The number of hydrogen-bond acceptors (Lipinski definition) is 5. The van der Waals surface area contributed by atoms with Crippen molar-refractivity contribution in [2.24, 2.45) is 0 Å². The van der Waals surface area contributed by atoms with E-state index in [2.05, 4.69) is 9.71 Å². The largest absolute Gasteiger partial charge is 0.446 e. The first-order chi connectivity index (χ1) is 9.12. The second-order valence-electron chi connectivity index (χ2n) is 3.89. The molecule has 2 N–H and O–H groups in total. The van der Waals surface area contributed by atoms with Crippen LogP contribution in [0.5, 0.6) is 0 Å². The fraction of sp³-hybridized carbons (Fsp3) is 0.250. The van der Waals surface area contributed by atoms with Crippen molar-refractivity contribution < 1.29 is 17.9 Å². The molecule has 7 heteroatoms. The Bertz CT molecular complexity index is 622. The lowest BCUT2D eigenvalue weighted by atomic mass is 10.2. The van der Waals surface area contributed by atoms with Crippen LogP contribution in [0.25, 0.3) is 0 Å². The van der Waals surface area contributed by atoms with Gasteiger partial charge in [-0.25, -0.2) is 13.1 Å². The summed E-state index contributed by atoms with van der Waals surface area (Å²) in [7, 11) is -3.67. The van der Waals surface area contributed by atoms with Crippen molar-refractivity contribution in [1.82, 2.24) is 9.71 Å². The van der Waals surface area contributed by atoms with Gasteiger partial charge in [0.25, 0.3) is 10.0 Å². The molecule has 0 saturated carbocycles. The molecule has 6 nitrogen and oxygen atoms in total. The van der Waals surface area contributed by atoms with Crippen molar-refractivity contribution in [2.75, 3.05) is 6.54 Å². The van der Waals surface area contributed by atoms with Crippen LogP contribution in [0.15, 0.2) is 46.2 Å². The summed E-state index contributed by atoms with van der Waals surface area (Å²) in [5, 5.41) is 8.63. The Morgan fingerprint density at radius 1 is 1.32 bits per heavy atom. The third kappa shape index (κ3) is 3.63. The molecule has 2 rings (SSSR count). The summed E-state index contributed by atoms with van der Waals surface area (Å²) in [6.45, 7) is -0.0750. The molecule has 0 atom stereocenters. The van der Waals surface area contributed by atoms with Gasteiger partial charge in [-0.1, -0.05) is 6.07 Å². The van der Waals surface area contributed by atoms with E-state index >= 15 is 0 Å². The second kappa shape index (κ2) is 5.96. The predicted octanol–water partition coefficient (Wildman–Crippen LogP) is 0.688. The molecule has 0 aliphatic heterocycles. The second-order valence-corrected chi connectivity index (χ2v) is 5.59. The van der Waals surface area contributed by atoms with E-state index in [-0.39, 0.29) is 24.0 Å². The topological polar surface area (TPSA) is 92.4 Å². The van der Waals surface area contributed by atoms with Gasteiger partial charge >= 0.3 is 0 Å². The average Bonchev–Trinajstić information content (AvgIpc) is 2.89. The van der Waals surface area contributed by atoms with Crippen LogP contribution in [0, 0.1) is 0 Å². The molecule has 2 heterocycles. The summed E-state index contributed by atoms with van der Waals surface area (Å²) < 4.78 is 31.1. The molecule has 0 bridgehead atoms. The average molecular weight is 282 g/mol. The Morgan fingerprint density at radius 2 is 2.16 bits per heavy atom. The summed E-state index contributed by atoms with van der Waals surface area (Å²) in [6, 6.07) is 6.41. The van der Waals surface area contributed by atoms with Crippen molar-refractivity contribution in [3.8, 4) is 0 Å². The van der Waals surface area contributed by atoms with E-state index in [0.717, 1.165) is 5.56 Å². The van der Waals surface area contributed by atoms with Crippen molar-refractivity contribution >= 4 is 10.0 Å². The number of hydrogen-bond donors (Lipinski definition) is 2. The number of pyridine rings is 1. The van der Waals surface area contributed by atoms with Crippen LogP contribution < -0.4 is 4.72 Å². The Hall–Kier alpha value is -1.70. The molecule has 2 aromatic rings. The normalized spacial score (nSPS) is 11.6. The molecule has 0 radical (unpaired) electrons. The van der Waals surface area contributed by atoms with E-state index in [9.17, 15) is 8.42 Å². The monoisotopic (exact) mass is 282 g/mol. The zero-order valence-corrected chi connectivity index (χ0v) is 10.9. The molecule has 0 amide bonds. The van der Waals surface area contributed by atoms with E-state index < -0.39 is 10.0 Å². The molecule has 102 valence electrons. The first-order valence-electron chi connectivity index (χ1n) is 5.70. The summed E-state index contributed by atoms with van der Waals surface area (Å²) in [6.07, 6.45) is 3.89. The highest BCUT2D eigenvalue weighted by molar-refractivity contribution is 7.89. The van der Waals surface area contributed by atoms with Gasteiger partial charge in [-0.2, -0.15) is 0 Å². The lowest BCUT2D eigenvalue weighted by molar-refractivity contribution is 0.236. The maximum Gasteiger partial charge on any atom is 0.273 e. The highest BCUT2D eigenvalue weighted by Crippen LogP contribution is 2.13. The van der Waals surface area contributed by atoms with Gasteiger partial charge in [-0.15, -0.1) is 0 Å². The van der Waals surface area contributed by atoms with Crippen LogP contribution in [0.2, 0.25) is 0 Å². The number of furan rings is 1. The van der Waals surface area contributed by atoms with Gasteiger partial charge in [0.15, 0.2) is 0 Å². The quantitative estimate of drug-likeness (QED) is 0.813. The Balaban J connectivity index is 1.94. The van der Waals surface area contributed by atoms with Gasteiger partial charge in [0.1, 0.15) is 12.4 Å². The van der Waals surface area contributed by atoms with Crippen molar-refractivity contribution in [1.29, 1.82) is 0 Å². The highest BCUT2D eigenvalue weighted by Gasteiger charge is 2.17. The lowest BCUT2D eigenvalue weighted by Gasteiger charge is -2.04. The number of sulfonamides is 1. The van der Waals surface area contributed by atoms with E-state index in [1.54, 1.807) is 18.5 Å². The Morgan fingerprint density at radius 3 is 2.79 bits per heavy atom. The SMILES string of the molecule is O=S(=O)(NCCc1cccnc1)c1ccc(CO)o1. The minimum absolute atomic E-state index is 0.192. The summed E-state index contributed by atoms with van der Waals surface area (Å²) in [4.78, 5) is 3.95. The first-order valence-corrected chi connectivity index (χ1v) is 7.18. The minimum atomic E-state index is -3.67. The number of rotatable bonds is 6. The van der Waals surface area contributed by atoms with Crippen LogP contribution in [-0.4, -0.2) is 25.1 Å². The molecule has 0 aliphatic carbocycles. The molecular formula is C12H14N2O4S. The fourth-order valence-electron chi connectivity index (χ4n) is 1.53. The van der Waals surface area contributed by atoms with Crippen LogP contribution in [0.4, 0.5) is 0 Å². The van der Waals surface area contributed by atoms with Crippen molar-refractivity contribution in [3.63, 3.8) is 0 Å². The van der Waals surface area contributed by atoms with E-state index in [4.69, 9.17) is 9.52 Å². The minimum Gasteiger partial charge on any atom is -0.446 e. The van der Waals surface area contributed by atoms with Crippen LogP contribution in [0.3, 0.4) is 0 Å². The molecule has 19 heavy (non-hydrogen) atoms. The number of nitrogens with one attached hydrogen (secondary N) is 1. The van der Waals surface area contributed by atoms with Gasteiger partial charge in [-0.05, 0) is 30.2 Å². The molecule has 2 aromatic heterocycles. The van der Waals surface area contributed by atoms with Crippen LogP contribution in [0.1, 0.15) is 11.3 Å². The first kappa shape index (κ1) is 13.7. The maximum absolute atomic E-state index is 11.8. The Labute approximate surface area is 111 Å². The van der Waals surface area contributed by atoms with Crippen molar-refractivity contribution in [3.05, 3.63) is 48.0 Å². The molecule has 0 spiro atoms. The molecule has 0 unspecified atom stereocenters. The number of aromatic nitrogens is 1. The summed E-state index contributed by atoms with van der Waals surface area (Å²) >= 11 is 0. The van der Waals surface area contributed by atoms with Crippen LogP contribution >= 0.6 is 0 Å². The zero-order valence-electron chi connectivity index (χ0n) is 10.1. The highest BCUT2D eigenvalue weighted by atomic mass is 32.2. The fourth-order valence-corrected chi connectivity index (χ4v) is 2.51. The number of nitrogens with zero attached hydrogens (tertiary/aromatic N) is 1. The molecule has 0 fully saturated rings. The summed E-state index contributed by atoms with van der Waals surface area (Å²) in [5.74, 6) is 0.215. The standard InChI is InChI=1S/C12H14N2O4S/c15-9-11-3-4-12(18-11)19(16,17)14-7-5-10-2-1-6-13-8-10/h1-4,6,8,14-15H,5,7,9H2. The number of aliphatic hydroxyl groups excluding tert-OH is 1. The van der Waals surface area contributed by atoms with Gasteiger partial charge in [0.05, 0.1) is 0 Å². The van der Waals surface area contributed by atoms with Gasteiger partial charge in [0, 0.05) is 18.9 Å². The number of aliphatic hydroxyl groups is 1.